The van der Waals surface area contributed by atoms with E-state index in [1.54, 1.807) is 0 Å². The standard InChI is InChI=1S/C54H35NO/c1-3-11-42-33-44(23-21-36(42)9-1)40-19-17-38(18-20-40)39-25-29-46(30-26-39)55(47-31-27-41(28-32-47)45-24-22-37-10-2-4-12-43(37)34-45)53-35-52-50-15-6-5-13-48(50)49-14-7-8-16-51(49)54(52)56-53/h1-35H. The van der Waals surface area contributed by atoms with E-state index in [-0.39, 0.29) is 0 Å². The van der Waals surface area contributed by atoms with Crippen LogP contribution in [0.25, 0.3) is 87.4 Å². The van der Waals surface area contributed by atoms with Crippen molar-refractivity contribution in [2.24, 2.45) is 0 Å². The summed E-state index contributed by atoms with van der Waals surface area (Å²) in [6.07, 6.45) is 0. The van der Waals surface area contributed by atoms with Crippen LogP contribution in [0.1, 0.15) is 0 Å². The molecule has 10 aromatic carbocycles. The third-order valence-corrected chi connectivity index (χ3v) is 11.3. The van der Waals surface area contributed by atoms with Crippen molar-refractivity contribution in [1.82, 2.24) is 0 Å². The van der Waals surface area contributed by atoms with E-state index in [2.05, 4.69) is 217 Å². The number of fused-ring (bicyclic) bond motifs is 8. The van der Waals surface area contributed by atoms with Crippen molar-refractivity contribution < 1.29 is 4.42 Å². The zero-order valence-electron chi connectivity index (χ0n) is 30.6. The molecule has 0 aliphatic carbocycles. The van der Waals surface area contributed by atoms with Crippen molar-refractivity contribution in [2.45, 2.75) is 0 Å². The highest BCUT2D eigenvalue weighted by Gasteiger charge is 2.20. The van der Waals surface area contributed by atoms with Gasteiger partial charge in [-0.15, -0.1) is 0 Å². The highest BCUT2D eigenvalue weighted by atomic mass is 16.4. The summed E-state index contributed by atoms with van der Waals surface area (Å²) in [5.41, 5.74) is 10.1. The first kappa shape index (κ1) is 32.0. The number of rotatable bonds is 6. The van der Waals surface area contributed by atoms with E-state index in [0.29, 0.717) is 0 Å². The number of nitrogens with zero attached hydrogens (tertiary/aromatic N) is 1. The van der Waals surface area contributed by atoms with Gasteiger partial charge in [0.1, 0.15) is 5.58 Å². The van der Waals surface area contributed by atoms with Gasteiger partial charge in [-0.25, -0.2) is 0 Å². The van der Waals surface area contributed by atoms with Crippen molar-refractivity contribution in [3.05, 3.63) is 212 Å². The van der Waals surface area contributed by atoms with E-state index in [0.717, 1.165) is 39.2 Å². The average molecular weight is 714 g/mol. The summed E-state index contributed by atoms with van der Waals surface area (Å²) in [6.45, 7) is 0. The Labute approximate surface area is 325 Å². The monoisotopic (exact) mass is 713 g/mol. The Morgan fingerprint density at radius 2 is 0.625 bits per heavy atom. The van der Waals surface area contributed by atoms with Gasteiger partial charge >= 0.3 is 0 Å². The first-order chi connectivity index (χ1) is 27.7. The second-order valence-corrected chi connectivity index (χ2v) is 14.5. The lowest BCUT2D eigenvalue weighted by Crippen LogP contribution is -2.08. The normalized spacial score (nSPS) is 11.6. The maximum atomic E-state index is 6.95. The molecule has 1 heterocycles. The topological polar surface area (TPSA) is 16.4 Å². The van der Waals surface area contributed by atoms with Crippen molar-refractivity contribution in [3.63, 3.8) is 0 Å². The molecule has 0 bridgehead atoms. The molecule has 0 spiro atoms. The van der Waals surface area contributed by atoms with Crippen LogP contribution in [0, 0.1) is 0 Å². The number of furan rings is 1. The lowest BCUT2D eigenvalue weighted by atomic mass is 9.98. The van der Waals surface area contributed by atoms with Crippen LogP contribution >= 0.6 is 0 Å². The fourth-order valence-electron chi connectivity index (χ4n) is 8.36. The van der Waals surface area contributed by atoms with Gasteiger partial charge in [-0.05, 0) is 107 Å². The molecular formula is C54H35NO. The summed E-state index contributed by atoms with van der Waals surface area (Å²) < 4.78 is 6.95. The first-order valence-electron chi connectivity index (χ1n) is 19.2. The van der Waals surface area contributed by atoms with Crippen molar-refractivity contribution >= 4 is 71.3 Å². The average Bonchev–Trinajstić information content (AvgIpc) is 3.72. The lowest BCUT2D eigenvalue weighted by molar-refractivity contribution is 0.624. The minimum absolute atomic E-state index is 0.771. The van der Waals surface area contributed by atoms with Crippen LogP contribution in [0.2, 0.25) is 0 Å². The van der Waals surface area contributed by atoms with Gasteiger partial charge in [0, 0.05) is 28.2 Å². The zero-order valence-corrected chi connectivity index (χ0v) is 30.6. The van der Waals surface area contributed by atoms with Gasteiger partial charge in [-0.2, -0.15) is 0 Å². The molecule has 0 atom stereocenters. The van der Waals surface area contributed by atoms with Gasteiger partial charge in [-0.3, -0.25) is 4.90 Å². The Morgan fingerprint density at radius 1 is 0.268 bits per heavy atom. The molecule has 0 N–H and O–H groups in total. The highest BCUT2D eigenvalue weighted by Crippen LogP contribution is 2.44. The number of hydrogen-bond acceptors (Lipinski definition) is 2. The van der Waals surface area contributed by atoms with Crippen LogP contribution in [0.15, 0.2) is 217 Å². The van der Waals surface area contributed by atoms with Crippen LogP contribution in [0.5, 0.6) is 0 Å². The SMILES string of the molecule is c1ccc2cc(-c3ccc(-c4ccc(N(c5ccc(-c6ccc7ccccc7c6)cc5)c5cc6c7ccccc7c7ccccc7c6o5)cc4)cc3)ccc2c1. The smallest absolute Gasteiger partial charge is 0.205 e. The molecule has 56 heavy (non-hydrogen) atoms. The summed E-state index contributed by atoms with van der Waals surface area (Å²) in [6, 6.07) is 76.3. The van der Waals surface area contributed by atoms with Gasteiger partial charge in [0.25, 0.3) is 0 Å². The van der Waals surface area contributed by atoms with Crippen molar-refractivity contribution in [3.8, 4) is 33.4 Å². The van der Waals surface area contributed by atoms with Gasteiger partial charge in [0.05, 0.1) is 0 Å². The second-order valence-electron chi connectivity index (χ2n) is 14.5. The molecule has 2 heteroatoms. The maximum Gasteiger partial charge on any atom is 0.205 e. The molecule has 0 unspecified atom stereocenters. The van der Waals surface area contributed by atoms with E-state index < -0.39 is 0 Å². The van der Waals surface area contributed by atoms with E-state index in [1.165, 1.54) is 65.5 Å². The summed E-state index contributed by atoms with van der Waals surface area (Å²) in [4.78, 5) is 2.24. The molecule has 11 rings (SSSR count). The number of benzene rings is 10. The van der Waals surface area contributed by atoms with Gasteiger partial charge in [0.2, 0.25) is 5.88 Å². The molecule has 0 saturated heterocycles. The maximum absolute atomic E-state index is 6.95. The molecule has 0 fully saturated rings. The molecular weight excluding hydrogens is 679 g/mol. The van der Waals surface area contributed by atoms with E-state index >= 15 is 0 Å². The second kappa shape index (κ2) is 13.2. The molecule has 11 aromatic rings. The Morgan fingerprint density at radius 3 is 1.12 bits per heavy atom. The minimum atomic E-state index is 0.771. The summed E-state index contributed by atoms with van der Waals surface area (Å²) >= 11 is 0. The molecule has 0 aliphatic rings. The number of anilines is 3. The third-order valence-electron chi connectivity index (χ3n) is 11.3. The molecule has 0 amide bonds. The fraction of sp³-hybridized carbons (Fsp3) is 0. The Hall–Kier alpha value is -7.42. The van der Waals surface area contributed by atoms with Gasteiger partial charge in [0.15, 0.2) is 0 Å². The summed E-state index contributed by atoms with van der Waals surface area (Å²) in [5.74, 6) is 0.771. The quantitative estimate of drug-likeness (QED) is 0.160. The van der Waals surface area contributed by atoms with Gasteiger partial charge in [-0.1, -0.05) is 170 Å². The zero-order chi connectivity index (χ0) is 37.0. The van der Waals surface area contributed by atoms with Crippen LogP contribution in [0.3, 0.4) is 0 Å². The number of hydrogen-bond donors (Lipinski definition) is 0. The van der Waals surface area contributed by atoms with Gasteiger partial charge < -0.3 is 4.42 Å². The molecule has 2 nitrogen and oxygen atoms in total. The predicted octanol–water partition coefficient (Wildman–Crippen LogP) is 15.5. The molecule has 1 aromatic heterocycles. The largest absolute Gasteiger partial charge is 0.439 e. The van der Waals surface area contributed by atoms with Crippen LogP contribution < -0.4 is 4.90 Å². The first-order valence-corrected chi connectivity index (χ1v) is 19.2. The highest BCUT2D eigenvalue weighted by molar-refractivity contribution is 6.24. The molecule has 0 aliphatic heterocycles. The van der Waals surface area contributed by atoms with Crippen LogP contribution in [0.4, 0.5) is 17.3 Å². The Kier molecular flexibility index (Phi) is 7.53. The van der Waals surface area contributed by atoms with E-state index in [1.807, 2.05) is 0 Å². The summed E-state index contributed by atoms with van der Waals surface area (Å²) in [5, 5.41) is 10.8. The van der Waals surface area contributed by atoms with Crippen molar-refractivity contribution in [1.29, 1.82) is 0 Å². The lowest BCUT2D eigenvalue weighted by Gasteiger charge is -2.23. The molecule has 0 saturated carbocycles. The van der Waals surface area contributed by atoms with E-state index in [4.69, 9.17) is 4.42 Å². The third kappa shape index (κ3) is 5.51. The summed E-state index contributed by atoms with van der Waals surface area (Å²) in [7, 11) is 0. The van der Waals surface area contributed by atoms with E-state index in [9.17, 15) is 0 Å². The van der Waals surface area contributed by atoms with Crippen molar-refractivity contribution in [2.75, 3.05) is 4.90 Å². The fourth-order valence-corrected chi connectivity index (χ4v) is 8.36. The minimum Gasteiger partial charge on any atom is -0.439 e. The Balaban J connectivity index is 0.996. The Bertz CT molecular complexity index is 3160. The van der Waals surface area contributed by atoms with Crippen LogP contribution in [-0.2, 0) is 0 Å². The van der Waals surface area contributed by atoms with Crippen LogP contribution in [-0.4, -0.2) is 0 Å². The molecule has 0 radical (unpaired) electrons. The molecule has 262 valence electrons. The predicted molar refractivity (Wildman–Crippen MR) is 237 cm³/mol.